The maximum absolute atomic E-state index is 11.2. The summed E-state index contributed by atoms with van der Waals surface area (Å²) < 4.78 is 7.44. The van der Waals surface area contributed by atoms with Crippen molar-refractivity contribution in [1.29, 1.82) is 0 Å². The van der Waals surface area contributed by atoms with Crippen LogP contribution in [0.2, 0.25) is 0 Å². The minimum absolute atomic E-state index is 0.156. The van der Waals surface area contributed by atoms with Gasteiger partial charge in [-0.3, -0.25) is 4.68 Å². The van der Waals surface area contributed by atoms with Crippen molar-refractivity contribution in [2.75, 3.05) is 0 Å². The summed E-state index contributed by atoms with van der Waals surface area (Å²) in [4.78, 5) is 11.2. The van der Waals surface area contributed by atoms with Gasteiger partial charge in [0.15, 0.2) is 5.75 Å². The molecule has 0 atom stereocenters. The molecule has 0 unspecified atom stereocenters. The fourth-order valence-corrected chi connectivity index (χ4v) is 1.82. The second-order valence-corrected chi connectivity index (χ2v) is 4.30. The second-order valence-electron chi connectivity index (χ2n) is 4.30. The summed E-state index contributed by atoms with van der Waals surface area (Å²) >= 11 is 0. The SMILES string of the molecule is CCCn1cc(Oc2c(C)cccc2C(=O)O)cn1. The average molecular weight is 260 g/mol. The zero-order valence-electron chi connectivity index (χ0n) is 11.0. The number of aryl methyl sites for hydroxylation is 2. The first kappa shape index (κ1) is 13.1. The quantitative estimate of drug-likeness (QED) is 0.897. The van der Waals surface area contributed by atoms with Gasteiger partial charge in [0.2, 0.25) is 0 Å². The van der Waals surface area contributed by atoms with E-state index >= 15 is 0 Å². The van der Waals surface area contributed by atoms with Crippen molar-refractivity contribution in [1.82, 2.24) is 9.78 Å². The van der Waals surface area contributed by atoms with Gasteiger partial charge >= 0.3 is 5.97 Å². The fourth-order valence-electron chi connectivity index (χ4n) is 1.82. The van der Waals surface area contributed by atoms with Gasteiger partial charge < -0.3 is 9.84 Å². The largest absolute Gasteiger partial charge is 0.478 e. The molecule has 0 fully saturated rings. The molecular formula is C14H16N2O3. The maximum Gasteiger partial charge on any atom is 0.339 e. The van der Waals surface area contributed by atoms with Crippen molar-refractivity contribution in [3.05, 3.63) is 41.7 Å². The average Bonchev–Trinajstić information content (AvgIpc) is 2.79. The second kappa shape index (κ2) is 5.56. The lowest BCUT2D eigenvalue weighted by atomic mass is 10.1. The normalized spacial score (nSPS) is 10.4. The van der Waals surface area contributed by atoms with Crippen LogP contribution in [0.5, 0.6) is 11.5 Å². The number of rotatable bonds is 5. The molecule has 2 rings (SSSR count). The summed E-state index contributed by atoms with van der Waals surface area (Å²) in [5.74, 6) is -0.0871. The van der Waals surface area contributed by atoms with Gasteiger partial charge in [-0.15, -0.1) is 0 Å². The molecule has 1 aromatic carbocycles. The Bertz CT molecular complexity index is 590. The lowest BCUT2D eigenvalue weighted by Gasteiger charge is -2.09. The van der Waals surface area contributed by atoms with Gasteiger partial charge in [-0.25, -0.2) is 4.79 Å². The van der Waals surface area contributed by atoms with E-state index in [0.29, 0.717) is 11.5 Å². The van der Waals surface area contributed by atoms with Crippen LogP contribution in [0.1, 0.15) is 29.3 Å². The van der Waals surface area contributed by atoms with Crippen LogP contribution in [-0.2, 0) is 6.54 Å². The van der Waals surface area contributed by atoms with Gasteiger partial charge in [0, 0.05) is 6.54 Å². The van der Waals surface area contributed by atoms with Gasteiger partial charge in [-0.1, -0.05) is 19.1 Å². The Morgan fingerprint density at radius 1 is 1.47 bits per heavy atom. The van der Waals surface area contributed by atoms with Crippen molar-refractivity contribution in [2.24, 2.45) is 0 Å². The number of aromatic carboxylic acids is 1. The predicted octanol–water partition coefficient (Wildman–Crippen LogP) is 3.09. The fraction of sp³-hybridized carbons (Fsp3) is 0.286. The van der Waals surface area contributed by atoms with E-state index in [1.807, 2.05) is 13.0 Å². The highest BCUT2D eigenvalue weighted by Gasteiger charge is 2.14. The Hall–Kier alpha value is -2.30. The number of carbonyl (C=O) groups is 1. The molecule has 0 aliphatic heterocycles. The zero-order valence-corrected chi connectivity index (χ0v) is 11.0. The lowest BCUT2D eigenvalue weighted by Crippen LogP contribution is -2.01. The zero-order chi connectivity index (χ0) is 13.8. The Kier molecular flexibility index (Phi) is 3.85. The van der Waals surface area contributed by atoms with Crippen LogP contribution in [0.3, 0.4) is 0 Å². The summed E-state index contributed by atoms with van der Waals surface area (Å²) in [6.07, 6.45) is 4.33. The minimum atomic E-state index is -1.00. The smallest absolute Gasteiger partial charge is 0.339 e. The van der Waals surface area contributed by atoms with E-state index in [4.69, 9.17) is 9.84 Å². The van der Waals surface area contributed by atoms with Crippen LogP contribution in [0, 0.1) is 6.92 Å². The van der Waals surface area contributed by atoms with Crippen LogP contribution in [0.15, 0.2) is 30.6 Å². The van der Waals surface area contributed by atoms with Crippen LogP contribution in [0.25, 0.3) is 0 Å². The molecule has 5 heteroatoms. The number of carboxylic acid groups (broad SMARTS) is 1. The highest BCUT2D eigenvalue weighted by atomic mass is 16.5. The topological polar surface area (TPSA) is 64.3 Å². The monoisotopic (exact) mass is 260 g/mol. The third-order valence-corrected chi connectivity index (χ3v) is 2.72. The highest BCUT2D eigenvalue weighted by Crippen LogP contribution is 2.28. The first-order valence-electron chi connectivity index (χ1n) is 6.15. The van der Waals surface area contributed by atoms with Crippen LogP contribution >= 0.6 is 0 Å². The minimum Gasteiger partial charge on any atom is -0.478 e. The van der Waals surface area contributed by atoms with Crippen molar-refractivity contribution in [2.45, 2.75) is 26.8 Å². The summed E-state index contributed by atoms with van der Waals surface area (Å²) in [6.45, 7) is 4.69. The van der Waals surface area contributed by atoms with Gasteiger partial charge in [0.1, 0.15) is 11.3 Å². The van der Waals surface area contributed by atoms with Gasteiger partial charge in [0.05, 0.1) is 12.4 Å². The molecule has 1 aromatic heterocycles. The number of nitrogens with zero attached hydrogens (tertiary/aromatic N) is 2. The molecule has 1 heterocycles. The molecule has 0 spiro atoms. The van der Waals surface area contributed by atoms with Crippen molar-refractivity contribution in [3.8, 4) is 11.5 Å². The Balaban J connectivity index is 2.29. The van der Waals surface area contributed by atoms with E-state index in [0.717, 1.165) is 18.5 Å². The Morgan fingerprint density at radius 2 is 2.26 bits per heavy atom. The Morgan fingerprint density at radius 3 is 2.95 bits per heavy atom. The first-order chi connectivity index (χ1) is 9.11. The van der Waals surface area contributed by atoms with Crippen LogP contribution in [0.4, 0.5) is 0 Å². The van der Waals surface area contributed by atoms with Crippen LogP contribution < -0.4 is 4.74 Å². The van der Waals surface area contributed by atoms with Crippen LogP contribution in [-0.4, -0.2) is 20.9 Å². The summed E-state index contributed by atoms with van der Waals surface area (Å²) in [7, 11) is 0. The van der Waals surface area contributed by atoms with Crippen molar-refractivity contribution < 1.29 is 14.6 Å². The van der Waals surface area contributed by atoms with Crippen molar-refractivity contribution >= 4 is 5.97 Å². The Labute approximate surface area is 111 Å². The van der Waals surface area contributed by atoms with E-state index in [1.54, 1.807) is 23.1 Å². The summed E-state index contributed by atoms with van der Waals surface area (Å²) in [6, 6.07) is 5.05. The standard InChI is InChI=1S/C14H16N2O3/c1-3-7-16-9-11(8-15-16)19-13-10(2)5-4-6-12(13)14(17)18/h4-6,8-9H,3,7H2,1-2H3,(H,17,18). The number of hydrogen-bond acceptors (Lipinski definition) is 3. The number of aromatic nitrogens is 2. The van der Waals surface area contributed by atoms with E-state index in [2.05, 4.69) is 12.0 Å². The lowest BCUT2D eigenvalue weighted by molar-refractivity contribution is 0.0694. The highest BCUT2D eigenvalue weighted by molar-refractivity contribution is 5.91. The van der Waals surface area contributed by atoms with Crippen molar-refractivity contribution in [3.63, 3.8) is 0 Å². The summed E-state index contributed by atoms with van der Waals surface area (Å²) in [5.41, 5.74) is 0.936. The maximum atomic E-state index is 11.2. The molecule has 2 aromatic rings. The van der Waals surface area contributed by atoms with E-state index in [-0.39, 0.29) is 5.56 Å². The third kappa shape index (κ3) is 2.93. The first-order valence-corrected chi connectivity index (χ1v) is 6.15. The van der Waals surface area contributed by atoms with E-state index < -0.39 is 5.97 Å². The molecule has 0 radical (unpaired) electrons. The molecule has 0 aliphatic rings. The molecule has 5 nitrogen and oxygen atoms in total. The number of para-hydroxylation sites is 1. The third-order valence-electron chi connectivity index (χ3n) is 2.72. The molecule has 0 amide bonds. The molecule has 1 N–H and O–H groups in total. The molecular weight excluding hydrogens is 244 g/mol. The number of carboxylic acids is 1. The summed E-state index contributed by atoms with van der Waals surface area (Å²) in [5, 5.41) is 13.3. The molecule has 0 saturated heterocycles. The molecule has 19 heavy (non-hydrogen) atoms. The van der Waals surface area contributed by atoms with Gasteiger partial charge in [-0.05, 0) is 25.0 Å². The molecule has 0 bridgehead atoms. The number of ether oxygens (including phenoxy) is 1. The number of hydrogen-bond donors (Lipinski definition) is 1. The van der Waals surface area contributed by atoms with Gasteiger partial charge in [0.25, 0.3) is 0 Å². The predicted molar refractivity (Wildman–Crippen MR) is 70.7 cm³/mol. The molecule has 0 aliphatic carbocycles. The number of benzene rings is 1. The van der Waals surface area contributed by atoms with E-state index in [1.165, 1.54) is 6.07 Å². The van der Waals surface area contributed by atoms with E-state index in [9.17, 15) is 4.79 Å². The molecule has 0 saturated carbocycles. The van der Waals surface area contributed by atoms with Gasteiger partial charge in [-0.2, -0.15) is 5.10 Å². The molecule has 100 valence electrons.